The van der Waals surface area contributed by atoms with E-state index < -0.39 is 0 Å². The summed E-state index contributed by atoms with van der Waals surface area (Å²) in [6.07, 6.45) is 3.91. The minimum absolute atomic E-state index is 0.0885. The van der Waals surface area contributed by atoms with Gasteiger partial charge < -0.3 is 5.32 Å². The van der Waals surface area contributed by atoms with Gasteiger partial charge in [0.15, 0.2) is 0 Å². The molecule has 21 heavy (non-hydrogen) atoms. The molecule has 1 aliphatic rings. The predicted octanol–water partition coefficient (Wildman–Crippen LogP) is 2.21. The summed E-state index contributed by atoms with van der Waals surface area (Å²) < 4.78 is 0. The lowest BCUT2D eigenvalue weighted by Gasteiger charge is -2.33. The molecule has 1 unspecified atom stereocenters. The van der Waals surface area contributed by atoms with Gasteiger partial charge in [0.25, 0.3) is 5.56 Å². The van der Waals surface area contributed by atoms with E-state index in [0.29, 0.717) is 17.4 Å². The maximum Gasteiger partial charge on any atom is 0.260 e. The fourth-order valence-corrected chi connectivity index (χ4v) is 2.98. The molecule has 2 aromatic rings. The van der Waals surface area contributed by atoms with E-state index in [2.05, 4.69) is 27.1 Å². The molecule has 2 heterocycles. The third kappa shape index (κ3) is 3.24. The second-order valence-electron chi connectivity index (χ2n) is 5.74. The average Bonchev–Trinajstić information content (AvgIpc) is 2.49. The van der Waals surface area contributed by atoms with Crippen LogP contribution in [-0.4, -0.2) is 40.5 Å². The van der Waals surface area contributed by atoms with E-state index >= 15 is 0 Å². The van der Waals surface area contributed by atoms with Crippen molar-refractivity contribution in [2.45, 2.75) is 32.2 Å². The summed E-state index contributed by atoms with van der Waals surface area (Å²) in [5, 5.41) is 3.87. The van der Waals surface area contributed by atoms with Gasteiger partial charge in [-0.05, 0) is 38.4 Å². The summed E-state index contributed by atoms with van der Waals surface area (Å²) in [5.41, 5.74) is 0.643. The number of H-pyrrole nitrogens is 1. The SMILES string of the molecule is CC1CCCCN1CCNc1nc2ccccc2c(=O)[nH]1. The van der Waals surface area contributed by atoms with Gasteiger partial charge in [-0.3, -0.25) is 14.7 Å². The van der Waals surface area contributed by atoms with Crippen LogP contribution < -0.4 is 10.9 Å². The smallest absolute Gasteiger partial charge is 0.260 e. The number of hydrogen-bond acceptors (Lipinski definition) is 4. The lowest BCUT2D eigenvalue weighted by Crippen LogP contribution is -2.40. The first-order valence-corrected chi connectivity index (χ1v) is 7.71. The lowest BCUT2D eigenvalue weighted by molar-refractivity contribution is 0.167. The standard InChI is InChI=1S/C16H22N4O/c1-12-6-4-5-10-20(12)11-9-17-16-18-14-8-3-2-7-13(14)15(21)19-16/h2-3,7-8,12H,4-6,9-11H2,1H3,(H2,17,18,19,21). The van der Waals surface area contributed by atoms with Crippen LogP contribution in [-0.2, 0) is 0 Å². The van der Waals surface area contributed by atoms with Crippen LogP contribution in [0.2, 0.25) is 0 Å². The van der Waals surface area contributed by atoms with E-state index in [-0.39, 0.29) is 5.56 Å². The first-order valence-electron chi connectivity index (χ1n) is 7.71. The summed E-state index contributed by atoms with van der Waals surface area (Å²) in [6, 6.07) is 8.06. The molecule has 1 saturated heterocycles. The van der Waals surface area contributed by atoms with E-state index in [0.717, 1.165) is 18.6 Å². The van der Waals surface area contributed by atoms with Gasteiger partial charge in [-0.1, -0.05) is 18.6 Å². The summed E-state index contributed by atoms with van der Waals surface area (Å²) in [4.78, 5) is 21.7. The van der Waals surface area contributed by atoms with E-state index in [1.807, 2.05) is 18.2 Å². The van der Waals surface area contributed by atoms with Gasteiger partial charge in [-0.15, -0.1) is 0 Å². The van der Waals surface area contributed by atoms with Crippen molar-refractivity contribution < 1.29 is 0 Å². The van der Waals surface area contributed by atoms with Gasteiger partial charge in [-0.2, -0.15) is 0 Å². The molecule has 112 valence electrons. The molecule has 1 aromatic heterocycles. The third-order valence-corrected chi connectivity index (χ3v) is 4.24. The number of para-hydroxylation sites is 1. The summed E-state index contributed by atoms with van der Waals surface area (Å²) in [5.74, 6) is 0.559. The second-order valence-corrected chi connectivity index (χ2v) is 5.74. The van der Waals surface area contributed by atoms with Gasteiger partial charge in [0.05, 0.1) is 10.9 Å². The van der Waals surface area contributed by atoms with Gasteiger partial charge >= 0.3 is 0 Å². The zero-order valence-corrected chi connectivity index (χ0v) is 12.4. The molecule has 0 saturated carbocycles. The molecule has 0 radical (unpaired) electrons. The Labute approximate surface area is 124 Å². The highest BCUT2D eigenvalue weighted by molar-refractivity contribution is 5.78. The second kappa shape index (κ2) is 6.26. The zero-order valence-electron chi connectivity index (χ0n) is 12.4. The molecule has 1 aliphatic heterocycles. The van der Waals surface area contributed by atoms with Crippen LogP contribution in [0.5, 0.6) is 0 Å². The van der Waals surface area contributed by atoms with Crippen LogP contribution in [0.15, 0.2) is 29.1 Å². The molecule has 3 rings (SSSR count). The number of piperidine rings is 1. The maximum absolute atomic E-state index is 12.0. The van der Waals surface area contributed by atoms with Crippen LogP contribution in [0.1, 0.15) is 26.2 Å². The molecule has 1 atom stereocenters. The van der Waals surface area contributed by atoms with Crippen LogP contribution in [0.25, 0.3) is 10.9 Å². The van der Waals surface area contributed by atoms with Gasteiger partial charge in [0.1, 0.15) is 0 Å². The molecule has 0 amide bonds. The number of aromatic amines is 1. The molecular formula is C16H22N4O. The fraction of sp³-hybridized carbons (Fsp3) is 0.500. The van der Waals surface area contributed by atoms with Gasteiger partial charge in [0.2, 0.25) is 5.95 Å². The minimum atomic E-state index is -0.0885. The first-order chi connectivity index (χ1) is 10.2. The van der Waals surface area contributed by atoms with Crippen molar-refractivity contribution in [2.24, 2.45) is 0 Å². The summed E-state index contributed by atoms with van der Waals surface area (Å²) >= 11 is 0. The Morgan fingerprint density at radius 3 is 3.10 bits per heavy atom. The van der Waals surface area contributed by atoms with Gasteiger partial charge in [-0.25, -0.2) is 4.98 Å². The number of nitrogens with zero attached hydrogens (tertiary/aromatic N) is 2. The van der Waals surface area contributed by atoms with Crippen LogP contribution in [0, 0.1) is 0 Å². The first kappa shape index (κ1) is 14.1. The number of aromatic nitrogens is 2. The molecule has 1 aromatic carbocycles. The summed E-state index contributed by atoms with van der Waals surface area (Å²) in [7, 11) is 0. The molecule has 0 aliphatic carbocycles. The van der Waals surface area contributed by atoms with Crippen molar-refractivity contribution in [1.82, 2.24) is 14.9 Å². The molecule has 1 fully saturated rings. The number of fused-ring (bicyclic) bond motifs is 1. The topological polar surface area (TPSA) is 61.0 Å². The Morgan fingerprint density at radius 2 is 2.24 bits per heavy atom. The Hall–Kier alpha value is -1.88. The van der Waals surface area contributed by atoms with Crippen molar-refractivity contribution in [1.29, 1.82) is 0 Å². The number of nitrogens with one attached hydrogen (secondary N) is 2. The van der Waals surface area contributed by atoms with Crippen molar-refractivity contribution >= 4 is 16.9 Å². The molecule has 2 N–H and O–H groups in total. The van der Waals surface area contributed by atoms with Crippen LogP contribution >= 0.6 is 0 Å². The highest BCUT2D eigenvalue weighted by Gasteiger charge is 2.17. The van der Waals surface area contributed by atoms with E-state index in [1.165, 1.54) is 25.8 Å². The van der Waals surface area contributed by atoms with Gasteiger partial charge in [0, 0.05) is 19.1 Å². The third-order valence-electron chi connectivity index (χ3n) is 4.24. The van der Waals surface area contributed by atoms with Crippen molar-refractivity contribution in [3.63, 3.8) is 0 Å². The zero-order chi connectivity index (χ0) is 14.7. The normalized spacial score (nSPS) is 19.8. The molecule has 0 bridgehead atoms. The largest absolute Gasteiger partial charge is 0.354 e. The van der Waals surface area contributed by atoms with Crippen molar-refractivity contribution in [3.05, 3.63) is 34.6 Å². The quantitative estimate of drug-likeness (QED) is 0.904. The van der Waals surface area contributed by atoms with E-state index in [4.69, 9.17) is 0 Å². The molecule has 5 heteroatoms. The minimum Gasteiger partial charge on any atom is -0.354 e. The Bertz CT molecular complexity index is 667. The van der Waals surface area contributed by atoms with Crippen molar-refractivity contribution in [2.75, 3.05) is 25.0 Å². The number of benzene rings is 1. The van der Waals surface area contributed by atoms with Crippen LogP contribution in [0.4, 0.5) is 5.95 Å². The monoisotopic (exact) mass is 286 g/mol. The molecular weight excluding hydrogens is 264 g/mol. The summed E-state index contributed by atoms with van der Waals surface area (Å²) in [6.45, 7) is 5.24. The molecule has 5 nitrogen and oxygen atoms in total. The number of anilines is 1. The average molecular weight is 286 g/mol. The highest BCUT2D eigenvalue weighted by atomic mass is 16.1. The Morgan fingerprint density at radius 1 is 1.38 bits per heavy atom. The number of likely N-dealkylation sites (tertiary alicyclic amines) is 1. The Balaban J connectivity index is 1.64. The number of hydrogen-bond donors (Lipinski definition) is 2. The predicted molar refractivity (Wildman–Crippen MR) is 85.7 cm³/mol. The van der Waals surface area contributed by atoms with E-state index in [1.54, 1.807) is 6.07 Å². The van der Waals surface area contributed by atoms with E-state index in [9.17, 15) is 4.79 Å². The fourth-order valence-electron chi connectivity index (χ4n) is 2.98. The maximum atomic E-state index is 12.0. The Kier molecular flexibility index (Phi) is 4.20. The molecule has 0 spiro atoms. The van der Waals surface area contributed by atoms with Crippen LogP contribution in [0.3, 0.4) is 0 Å². The van der Waals surface area contributed by atoms with Crippen molar-refractivity contribution in [3.8, 4) is 0 Å². The highest BCUT2D eigenvalue weighted by Crippen LogP contribution is 2.15. The lowest BCUT2D eigenvalue weighted by atomic mass is 10.0. The number of rotatable bonds is 4.